The predicted octanol–water partition coefficient (Wildman–Crippen LogP) is 1.16. The Morgan fingerprint density at radius 3 is 3.00 bits per heavy atom. The molecule has 82 valence electrons. The van der Waals surface area contributed by atoms with Crippen molar-refractivity contribution in [3.63, 3.8) is 0 Å². The summed E-state index contributed by atoms with van der Waals surface area (Å²) in [4.78, 5) is 12.8. The minimum Gasteiger partial charge on any atom is -0.353 e. The van der Waals surface area contributed by atoms with E-state index in [1.54, 1.807) is 11.3 Å². The van der Waals surface area contributed by atoms with Gasteiger partial charge in [0.25, 0.3) is 0 Å². The number of amides is 1. The summed E-state index contributed by atoms with van der Waals surface area (Å²) >= 11 is 1.64. The second-order valence-electron chi connectivity index (χ2n) is 3.85. The molecule has 0 saturated carbocycles. The molecular formula is C11H16N2OS. The molecule has 1 amide bonds. The molecule has 2 N–H and O–H groups in total. The van der Waals surface area contributed by atoms with Gasteiger partial charge in [0.15, 0.2) is 0 Å². The van der Waals surface area contributed by atoms with E-state index in [1.807, 2.05) is 17.5 Å². The Bertz CT molecular complexity index is 304. The standard InChI is InChI=1S/C11H16N2OS/c14-11(8-10-2-1-7-15-10)13-9-3-5-12-6-4-9/h1-2,7,9,12H,3-6,8H2,(H,13,14). The van der Waals surface area contributed by atoms with Gasteiger partial charge in [-0.3, -0.25) is 4.79 Å². The minimum atomic E-state index is 0.157. The molecule has 2 heterocycles. The van der Waals surface area contributed by atoms with E-state index in [0.29, 0.717) is 12.5 Å². The van der Waals surface area contributed by atoms with E-state index in [1.165, 1.54) is 0 Å². The Hall–Kier alpha value is -0.870. The van der Waals surface area contributed by atoms with Crippen LogP contribution >= 0.6 is 11.3 Å². The maximum absolute atomic E-state index is 11.7. The lowest BCUT2D eigenvalue weighted by molar-refractivity contribution is -0.121. The van der Waals surface area contributed by atoms with Crippen LogP contribution in [0.3, 0.4) is 0 Å². The van der Waals surface area contributed by atoms with Gasteiger partial charge in [-0.25, -0.2) is 0 Å². The van der Waals surface area contributed by atoms with Crippen molar-refractivity contribution in [2.45, 2.75) is 25.3 Å². The second kappa shape index (κ2) is 5.28. The third-order valence-electron chi connectivity index (χ3n) is 2.62. The van der Waals surface area contributed by atoms with Crippen molar-refractivity contribution in [3.05, 3.63) is 22.4 Å². The van der Waals surface area contributed by atoms with Crippen LogP contribution in [0.4, 0.5) is 0 Å². The van der Waals surface area contributed by atoms with Gasteiger partial charge >= 0.3 is 0 Å². The lowest BCUT2D eigenvalue weighted by Gasteiger charge is -2.23. The van der Waals surface area contributed by atoms with Crippen LogP contribution in [0, 0.1) is 0 Å². The number of hydrogen-bond acceptors (Lipinski definition) is 3. The number of carbonyl (C=O) groups is 1. The Morgan fingerprint density at radius 2 is 2.33 bits per heavy atom. The van der Waals surface area contributed by atoms with Crippen LogP contribution in [0.5, 0.6) is 0 Å². The average molecular weight is 224 g/mol. The first-order valence-corrected chi connectivity index (χ1v) is 6.25. The van der Waals surface area contributed by atoms with Crippen LogP contribution in [-0.4, -0.2) is 25.0 Å². The van der Waals surface area contributed by atoms with Crippen molar-refractivity contribution < 1.29 is 4.79 Å². The fourth-order valence-electron chi connectivity index (χ4n) is 1.82. The zero-order valence-electron chi connectivity index (χ0n) is 8.66. The molecule has 0 aliphatic carbocycles. The largest absolute Gasteiger partial charge is 0.353 e. The van der Waals surface area contributed by atoms with Crippen LogP contribution in [0.2, 0.25) is 0 Å². The zero-order chi connectivity index (χ0) is 10.5. The monoisotopic (exact) mass is 224 g/mol. The van der Waals surface area contributed by atoms with Gasteiger partial charge in [-0.1, -0.05) is 6.07 Å². The Balaban J connectivity index is 1.76. The van der Waals surface area contributed by atoms with Gasteiger partial charge in [0.1, 0.15) is 0 Å². The summed E-state index contributed by atoms with van der Waals surface area (Å²) in [6.45, 7) is 2.04. The van der Waals surface area contributed by atoms with E-state index in [0.717, 1.165) is 30.8 Å². The number of thiophene rings is 1. The first kappa shape index (κ1) is 10.6. The van der Waals surface area contributed by atoms with Gasteiger partial charge in [0.2, 0.25) is 5.91 Å². The van der Waals surface area contributed by atoms with Crippen LogP contribution in [0.25, 0.3) is 0 Å². The summed E-state index contributed by atoms with van der Waals surface area (Å²) in [5.41, 5.74) is 0. The second-order valence-corrected chi connectivity index (χ2v) is 4.88. The minimum absolute atomic E-state index is 0.157. The third-order valence-corrected chi connectivity index (χ3v) is 3.50. The fourth-order valence-corrected chi connectivity index (χ4v) is 2.52. The van der Waals surface area contributed by atoms with Crippen molar-refractivity contribution in [3.8, 4) is 0 Å². The van der Waals surface area contributed by atoms with E-state index >= 15 is 0 Å². The maximum Gasteiger partial charge on any atom is 0.225 e. The first-order chi connectivity index (χ1) is 7.34. The highest BCUT2D eigenvalue weighted by Crippen LogP contribution is 2.09. The van der Waals surface area contributed by atoms with Gasteiger partial charge in [-0.2, -0.15) is 0 Å². The number of rotatable bonds is 3. The molecule has 0 bridgehead atoms. The molecular weight excluding hydrogens is 208 g/mol. The third kappa shape index (κ3) is 3.32. The van der Waals surface area contributed by atoms with Crippen molar-refractivity contribution >= 4 is 17.2 Å². The van der Waals surface area contributed by atoms with Crippen LogP contribution < -0.4 is 10.6 Å². The van der Waals surface area contributed by atoms with Gasteiger partial charge in [-0.15, -0.1) is 11.3 Å². The Morgan fingerprint density at radius 1 is 1.53 bits per heavy atom. The molecule has 1 aliphatic rings. The summed E-state index contributed by atoms with van der Waals surface area (Å²) in [7, 11) is 0. The van der Waals surface area contributed by atoms with E-state index < -0.39 is 0 Å². The van der Waals surface area contributed by atoms with Crippen LogP contribution in [0.1, 0.15) is 17.7 Å². The summed E-state index contributed by atoms with van der Waals surface area (Å²) < 4.78 is 0. The molecule has 0 unspecified atom stereocenters. The zero-order valence-corrected chi connectivity index (χ0v) is 9.48. The van der Waals surface area contributed by atoms with Crippen LogP contribution in [-0.2, 0) is 11.2 Å². The van der Waals surface area contributed by atoms with Gasteiger partial charge in [-0.05, 0) is 37.4 Å². The van der Waals surface area contributed by atoms with Crippen molar-refractivity contribution in [1.82, 2.24) is 10.6 Å². The molecule has 1 aromatic rings. The first-order valence-electron chi connectivity index (χ1n) is 5.37. The normalized spacial score (nSPS) is 17.6. The molecule has 1 fully saturated rings. The molecule has 0 aromatic carbocycles. The molecule has 4 heteroatoms. The number of hydrogen-bond donors (Lipinski definition) is 2. The fraction of sp³-hybridized carbons (Fsp3) is 0.545. The van der Waals surface area contributed by atoms with Crippen molar-refractivity contribution in [2.75, 3.05) is 13.1 Å². The topological polar surface area (TPSA) is 41.1 Å². The predicted molar refractivity (Wildman–Crippen MR) is 62.1 cm³/mol. The molecule has 15 heavy (non-hydrogen) atoms. The lowest BCUT2D eigenvalue weighted by Crippen LogP contribution is -2.43. The van der Waals surface area contributed by atoms with Gasteiger partial charge in [0.05, 0.1) is 6.42 Å². The summed E-state index contributed by atoms with van der Waals surface area (Å²) in [5.74, 6) is 0.157. The molecule has 0 atom stereocenters. The van der Waals surface area contributed by atoms with Crippen molar-refractivity contribution in [1.29, 1.82) is 0 Å². The maximum atomic E-state index is 11.7. The van der Waals surface area contributed by atoms with E-state index in [2.05, 4.69) is 10.6 Å². The summed E-state index contributed by atoms with van der Waals surface area (Å²) in [6, 6.07) is 4.36. The molecule has 1 saturated heterocycles. The molecule has 0 radical (unpaired) electrons. The SMILES string of the molecule is O=C(Cc1cccs1)NC1CCNCC1. The molecule has 3 nitrogen and oxygen atoms in total. The van der Waals surface area contributed by atoms with Crippen molar-refractivity contribution in [2.24, 2.45) is 0 Å². The quantitative estimate of drug-likeness (QED) is 0.809. The van der Waals surface area contributed by atoms with Gasteiger partial charge in [0, 0.05) is 10.9 Å². The highest BCUT2D eigenvalue weighted by Gasteiger charge is 2.15. The lowest BCUT2D eigenvalue weighted by atomic mass is 10.1. The van der Waals surface area contributed by atoms with Gasteiger partial charge < -0.3 is 10.6 Å². The Labute approximate surface area is 93.9 Å². The summed E-state index contributed by atoms with van der Waals surface area (Å²) in [5, 5.41) is 8.38. The molecule has 1 aromatic heterocycles. The Kier molecular flexibility index (Phi) is 3.75. The number of nitrogens with one attached hydrogen (secondary N) is 2. The summed E-state index contributed by atoms with van der Waals surface area (Å²) in [6.07, 6.45) is 2.63. The smallest absolute Gasteiger partial charge is 0.225 e. The van der Waals surface area contributed by atoms with E-state index in [9.17, 15) is 4.79 Å². The average Bonchev–Trinajstić information content (AvgIpc) is 2.71. The molecule has 2 rings (SSSR count). The van der Waals surface area contributed by atoms with E-state index in [-0.39, 0.29) is 5.91 Å². The van der Waals surface area contributed by atoms with Crippen LogP contribution in [0.15, 0.2) is 17.5 Å². The molecule has 1 aliphatic heterocycles. The highest BCUT2D eigenvalue weighted by molar-refractivity contribution is 7.10. The highest BCUT2D eigenvalue weighted by atomic mass is 32.1. The number of piperidine rings is 1. The molecule has 0 spiro atoms. The number of carbonyl (C=O) groups excluding carboxylic acids is 1. The van der Waals surface area contributed by atoms with E-state index in [4.69, 9.17) is 0 Å².